The van der Waals surface area contributed by atoms with E-state index in [9.17, 15) is 14.9 Å². The number of hydrogen-bond acceptors (Lipinski definition) is 4. The molecular weight excluding hydrogens is 278 g/mol. The first-order valence-electron chi connectivity index (χ1n) is 4.42. The fourth-order valence-electron chi connectivity index (χ4n) is 1.01. The number of amides is 1. The van der Waals surface area contributed by atoms with Gasteiger partial charge in [-0.25, -0.2) is 0 Å². The zero-order valence-corrected chi connectivity index (χ0v) is 10.0. The normalized spacial score (nSPS) is 11.9. The molecule has 1 amide bonds. The van der Waals surface area contributed by atoms with Gasteiger partial charge >= 0.3 is 0 Å². The Kier molecular flexibility index (Phi) is 3.97. The van der Waals surface area contributed by atoms with Crippen molar-refractivity contribution in [3.8, 4) is 0 Å². The SMILES string of the molecule is CC(N)C(=O)Nc1ccc(Br)cc1[N+](=O)[O-]. The highest BCUT2D eigenvalue weighted by Gasteiger charge is 2.17. The number of halogens is 1. The van der Waals surface area contributed by atoms with Crippen molar-refractivity contribution in [1.82, 2.24) is 0 Å². The molecule has 0 saturated carbocycles. The smallest absolute Gasteiger partial charge is 0.293 e. The molecule has 16 heavy (non-hydrogen) atoms. The molecule has 0 fully saturated rings. The molecule has 1 unspecified atom stereocenters. The van der Waals surface area contributed by atoms with Crippen molar-refractivity contribution >= 4 is 33.2 Å². The number of hydrogen-bond donors (Lipinski definition) is 2. The molecule has 86 valence electrons. The van der Waals surface area contributed by atoms with Crippen LogP contribution in [0.25, 0.3) is 0 Å². The Morgan fingerprint density at radius 1 is 1.62 bits per heavy atom. The summed E-state index contributed by atoms with van der Waals surface area (Å²) >= 11 is 3.12. The summed E-state index contributed by atoms with van der Waals surface area (Å²) in [6, 6.07) is 3.64. The summed E-state index contributed by atoms with van der Waals surface area (Å²) in [6.07, 6.45) is 0. The molecule has 1 atom stereocenters. The second kappa shape index (κ2) is 5.04. The van der Waals surface area contributed by atoms with E-state index in [4.69, 9.17) is 5.73 Å². The Bertz CT molecular complexity index is 434. The first kappa shape index (κ1) is 12.6. The number of nitro benzene ring substituents is 1. The lowest BCUT2D eigenvalue weighted by molar-refractivity contribution is -0.384. The van der Waals surface area contributed by atoms with Crippen molar-refractivity contribution < 1.29 is 9.72 Å². The van der Waals surface area contributed by atoms with Crippen molar-refractivity contribution in [1.29, 1.82) is 0 Å². The molecule has 0 aliphatic rings. The Balaban J connectivity index is 3.04. The molecule has 0 aliphatic carbocycles. The number of carbonyl (C=O) groups excluding carboxylic acids is 1. The highest BCUT2D eigenvalue weighted by atomic mass is 79.9. The van der Waals surface area contributed by atoms with Crippen LogP contribution in [0, 0.1) is 10.1 Å². The lowest BCUT2D eigenvalue weighted by Gasteiger charge is -2.08. The number of benzene rings is 1. The van der Waals surface area contributed by atoms with Crippen LogP contribution in [-0.2, 0) is 4.79 Å². The Morgan fingerprint density at radius 3 is 2.75 bits per heavy atom. The minimum absolute atomic E-state index is 0.135. The van der Waals surface area contributed by atoms with E-state index in [0.29, 0.717) is 4.47 Å². The maximum atomic E-state index is 11.3. The minimum atomic E-state index is -0.719. The lowest BCUT2D eigenvalue weighted by Crippen LogP contribution is -2.32. The van der Waals surface area contributed by atoms with Gasteiger partial charge in [-0.05, 0) is 19.1 Å². The zero-order chi connectivity index (χ0) is 12.3. The molecule has 0 aliphatic heterocycles. The molecule has 7 heteroatoms. The number of rotatable bonds is 3. The Labute approximate surface area is 100 Å². The minimum Gasteiger partial charge on any atom is -0.320 e. The number of nitrogens with zero attached hydrogens (tertiary/aromatic N) is 1. The molecule has 1 aromatic rings. The second-order valence-electron chi connectivity index (χ2n) is 3.20. The van der Waals surface area contributed by atoms with Crippen LogP contribution in [0.5, 0.6) is 0 Å². The number of nitrogens with two attached hydrogens (primary N) is 1. The number of nitrogens with one attached hydrogen (secondary N) is 1. The number of nitro groups is 1. The summed E-state index contributed by atoms with van der Waals surface area (Å²) in [5, 5.41) is 13.1. The van der Waals surface area contributed by atoms with Crippen LogP contribution in [0.1, 0.15) is 6.92 Å². The van der Waals surface area contributed by atoms with Gasteiger partial charge in [-0.2, -0.15) is 0 Å². The largest absolute Gasteiger partial charge is 0.320 e. The molecule has 0 radical (unpaired) electrons. The Morgan fingerprint density at radius 2 is 2.25 bits per heavy atom. The third-order valence-electron chi connectivity index (χ3n) is 1.83. The standard InChI is InChI=1S/C9H10BrN3O3/c1-5(11)9(14)12-7-3-2-6(10)4-8(7)13(15)16/h2-5H,11H2,1H3,(H,12,14). The van der Waals surface area contributed by atoms with Gasteiger partial charge < -0.3 is 11.1 Å². The van der Waals surface area contributed by atoms with Crippen LogP contribution in [0.2, 0.25) is 0 Å². The van der Waals surface area contributed by atoms with Crippen LogP contribution in [-0.4, -0.2) is 16.9 Å². The maximum absolute atomic E-state index is 11.3. The van der Waals surface area contributed by atoms with Crippen LogP contribution in [0.15, 0.2) is 22.7 Å². The second-order valence-corrected chi connectivity index (χ2v) is 4.11. The van der Waals surface area contributed by atoms with E-state index in [1.807, 2.05) is 0 Å². The zero-order valence-electron chi connectivity index (χ0n) is 8.44. The van der Waals surface area contributed by atoms with Gasteiger partial charge in [-0.3, -0.25) is 14.9 Å². The average molecular weight is 288 g/mol. The molecule has 0 aromatic heterocycles. The molecule has 0 saturated heterocycles. The van der Waals surface area contributed by atoms with E-state index in [0.717, 1.165) is 0 Å². The first-order chi connectivity index (χ1) is 7.41. The summed E-state index contributed by atoms with van der Waals surface area (Å²) in [4.78, 5) is 21.5. The third-order valence-corrected chi connectivity index (χ3v) is 2.32. The van der Waals surface area contributed by atoms with Gasteiger partial charge in [0.1, 0.15) is 5.69 Å². The predicted octanol–water partition coefficient (Wildman–Crippen LogP) is 1.64. The molecule has 3 N–H and O–H groups in total. The van der Waals surface area contributed by atoms with Crippen molar-refractivity contribution in [3.63, 3.8) is 0 Å². The van der Waals surface area contributed by atoms with Crippen LogP contribution < -0.4 is 11.1 Å². The topological polar surface area (TPSA) is 98.3 Å². The van der Waals surface area contributed by atoms with Crippen molar-refractivity contribution in [2.24, 2.45) is 5.73 Å². The lowest BCUT2D eigenvalue weighted by atomic mass is 10.2. The van der Waals surface area contributed by atoms with Crippen molar-refractivity contribution in [2.75, 3.05) is 5.32 Å². The molecule has 0 heterocycles. The quantitative estimate of drug-likeness (QED) is 0.652. The molecule has 0 spiro atoms. The van der Waals surface area contributed by atoms with Gasteiger partial charge in [-0.15, -0.1) is 0 Å². The molecule has 1 aromatic carbocycles. The van der Waals surface area contributed by atoms with Gasteiger partial charge in [0.2, 0.25) is 5.91 Å². The van der Waals surface area contributed by atoms with Crippen molar-refractivity contribution in [3.05, 3.63) is 32.8 Å². The summed E-state index contributed by atoms with van der Waals surface area (Å²) in [5.41, 5.74) is 5.31. The van der Waals surface area contributed by atoms with Gasteiger partial charge in [0, 0.05) is 10.5 Å². The number of anilines is 1. The van der Waals surface area contributed by atoms with E-state index in [1.165, 1.54) is 19.1 Å². The summed E-state index contributed by atoms with van der Waals surface area (Å²) in [5.74, 6) is -0.467. The van der Waals surface area contributed by atoms with Crippen LogP contribution >= 0.6 is 15.9 Å². The highest BCUT2D eigenvalue weighted by molar-refractivity contribution is 9.10. The van der Waals surface area contributed by atoms with E-state index in [1.54, 1.807) is 6.07 Å². The third kappa shape index (κ3) is 3.01. The summed E-state index contributed by atoms with van der Waals surface area (Å²) < 4.78 is 0.568. The molecule has 1 rings (SSSR count). The highest BCUT2D eigenvalue weighted by Crippen LogP contribution is 2.27. The number of carbonyl (C=O) groups is 1. The van der Waals surface area contributed by atoms with Crippen LogP contribution in [0.4, 0.5) is 11.4 Å². The van der Waals surface area contributed by atoms with Gasteiger partial charge in [0.05, 0.1) is 11.0 Å². The van der Waals surface area contributed by atoms with Crippen LogP contribution in [0.3, 0.4) is 0 Å². The van der Waals surface area contributed by atoms with E-state index in [-0.39, 0.29) is 11.4 Å². The maximum Gasteiger partial charge on any atom is 0.293 e. The predicted molar refractivity (Wildman–Crippen MR) is 63.1 cm³/mol. The summed E-state index contributed by atoms with van der Waals surface area (Å²) in [7, 11) is 0. The molecular formula is C9H10BrN3O3. The summed E-state index contributed by atoms with van der Waals surface area (Å²) in [6.45, 7) is 1.50. The molecule has 0 bridgehead atoms. The first-order valence-corrected chi connectivity index (χ1v) is 5.21. The van der Waals surface area contributed by atoms with Gasteiger partial charge in [-0.1, -0.05) is 15.9 Å². The van der Waals surface area contributed by atoms with Crippen molar-refractivity contribution in [2.45, 2.75) is 13.0 Å². The van der Waals surface area contributed by atoms with Gasteiger partial charge in [0.15, 0.2) is 0 Å². The fraction of sp³-hybridized carbons (Fsp3) is 0.222. The molecule has 6 nitrogen and oxygen atoms in total. The Hall–Kier alpha value is -1.47. The monoisotopic (exact) mass is 287 g/mol. The van der Waals surface area contributed by atoms with E-state index in [2.05, 4.69) is 21.2 Å². The van der Waals surface area contributed by atoms with E-state index < -0.39 is 16.9 Å². The average Bonchev–Trinajstić information content (AvgIpc) is 2.20. The van der Waals surface area contributed by atoms with E-state index >= 15 is 0 Å². The fourth-order valence-corrected chi connectivity index (χ4v) is 1.36. The van der Waals surface area contributed by atoms with Gasteiger partial charge in [0.25, 0.3) is 5.69 Å².